The molecule has 0 fully saturated rings. The van der Waals surface area contributed by atoms with Gasteiger partial charge < -0.3 is 10.1 Å². The van der Waals surface area contributed by atoms with E-state index in [2.05, 4.69) is 5.32 Å². The van der Waals surface area contributed by atoms with Gasteiger partial charge in [0.1, 0.15) is 17.5 Å². The van der Waals surface area contributed by atoms with E-state index in [1.807, 2.05) is 19.9 Å². The number of anilines is 2. The summed E-state index contributed by atoms with van der Waals surface area (Å²) in [5.74, 6) is -0.454. The molecule has 1 N–H and O–H groups in total. The van der Waals surface area contributed by atoms with Crippen LogP contribution < -0.4 is 14.4 Å². The molecular formula is C20H25N3O6S. The molecule has 1 amide bonds. The Balaban J connectivity index is 2.55. The van der Waals surface area contributed by atoms with Gasteiger partial charge in [-0.05, 0) is 49.6 Å². The zero-order valence-corrected chi connectivity index (χ0v) is 18.3. The van der Waals surface area contributed by atoms with Gasteiger partial charge in [-0.1, -0.05) is 13.0 Å². The predicted octanol–water partition coefficient (Wildman–Crippen LogP) is 3.40. The van der Waals surface area contributed by atoms with Gasteiger partial charge in [-0.25, -0.2) is 8.42 Å². The third-order valence-corrected chi connectivity index (χ3v) is 5.60. The SMILES string of the molecule is CC[C@@H](C(=O)Nc1cc(C)cc(C)c1)N(c1cc([N+](=O)[O-])ccc1OC)S(C)(=O)=O. The lowest BCUT2D eigenvalue weighted by atomic mass is 10.1. The second-order valence-corrected chi connectivity index (χ2v) is 8.82. The van der Waals surface area contributed by atoms with Crippen LogP contribution in [0.25, 0.3) is 0 Å². The van der Waals surface area contributed by atoms with E-state index in [-0.39, 0.29) is 23.5 Å². The van der Waals surface area contributed by atoms with Gasteiger partial charge in [0.05, 0.1) is 18.3 Å². The van der Waals surface area contributed by atoms with E-state index in [4.69, 9.17) is 4.74 Å². The minimum Gasteiger partial charge on any atom is -0.495 e. The Hall–Kier alpha value is -3.14. The molecule has 2 rings (SSSR count). The number of aryl methyl sites for hydroxylation is 2. The summed E-state index contributed by atoms with van der Waals surface area (Å²) >= 11 is 0. The minimum absolute atomic E-state index is 0.0726. The molecule has 10 heteroatoms. The van der Waals surface area contributed by atoms with Gasteiger partial charge in [-0.2, -0.15) is 0 Å². The third-order valence-electron chi connectivity index (χ3n) is 4.43. The van der Waals surface area contributed by atoms with Crippen molar-refractivity contribution in [2.45, 2.75) is 33.2 Å². The summed E-state index contributed by atoms with van der Waals surface area (Å²) in [6, 6.07) is 7.96. The highest BCUT2D eigenvalue weighted by atomic mass is 32.2. The average molecular weight is 436 g/mol. The Morgan fingerprint density at radius 2 is 1.80 bits per heavy atom. The first-order valence-electron chi connectivity index (χ1n) is 9.19. The maximum atomic E-state index is 13.1. The average Bonchev–Trinajstić information content (AvgIpc) is 2.63. The summed E-state index contributed by atoms with van der Waals surface area (Å²) in [5.41, 5.74) is 2.04. The molecule has 9 nitrogen and oxygen atoms in total. The van der Waals surface area contributed by atoms with Crippen LogP contribution in [-0.2, 0) is 14.8 Å². The highest BCUT2D eigenvalue weighted by Gasteiger charge is 2.34. The number of nitrogens with one attached hydrogen (secondary N) is 1. The molecule has 0 aliphatic heterocycles. The van der Waals surface area contributed by atoms with Crippen LogP contribution >= 0.6 is 0 Å². The third kappa shape index (κ3) is 5.26. The zero-order valence-electron chi connectivity index (χ0n) is 17.5. The lowest BCUT2D eigenvalue weighted by Crippen LogP contribution is -2.47. The fourth-order valence-corrected chi connectivity index (χ4v) is 4.48. The standard InChI is InChI=1S/C20H25N3O6S/c1-6-17(20(24)21-15-10-13(2)9-14(3)11-15)22(30(5,27)28)18-12-16(23(25)26)7-8-19(18)29-4/h7-12,17H,6H2,1-5H3,(H,21,24)/t17-/m0/s1. The molecule has 2 aromatic carbocycles. The number of rotatable bonds is 8. The molecule has 30 heavy (non-hydrogen) atoms. The van der Waals surface area contributed by atoms with Crippen LogP contribution in [-0.4, -0.2) is 38.7 Å². The van der Waals surface area contributed by atoms with E-state index in [1.165, 1.54) is 19.2 Å². The van der Waals surface area contributed by atoms with E-state index >= 15 is 0 Å². The Labute approximate surface area is 175 Å². The number of carbonyl (C=O) groups is 1. The Bertz CT molecular complexity index is 1050. The summed E-state index contributed by atoms with van der Waals surface area (Å²) in [4.78, 5) is 23.6. The number of methoxy groups -OCH3 is 1. The number of sulfonamides is 1. The predicted molar refractivity (Wildman–Crippen MR) is 116 cm³/mol. The van der Waals surface area contributed by atoms with E-state index in [1.54, 1.807) is 19.1 Å². The van der Waals surface area contributed by atoms with E-state index in [0.29, 0.717) is 5.69 Å². The molecular weight excluding hydrogens is 410 g/mol. The number of nitrogens with zero attached hydrogens (tertiary/aromatic N) is 2. The topological polar surface area (TPSA) is 119 Å². The molecule has 0 heterocycles. The van der Waals surface area contributed by atoms with Gasteiger partial charge in [0.2, 0.25) is 15.9 Å². The van der Waals surface area contributed by atoms with Crippen molar-refractivity contribution in [3.8, 4) is 5.75 Å². The van der Waals surface area contributed by atoms with Gasteiger partial charge in [0.25, 0.3) is 5.69 Å². The fraction of sp³-hybridized carbons (Fsp3) is 0.350. The van der Waals surface area contributed by atoms with Crippen LogP contribution in [0, 0.1) is 24.0 Å². The van der Waals surface area contributed by atoms with Gasteiger partial charge in [0.15, 0.2) is 0 Å². The number of nitro groups is 1. The van der Waals surface area contributed by atoms with E-state index in [9.17, 15) is 23.3 Å². The molecule has 2 aromatic rings. The van der Waals surface area contributed by atoms with Crippen molar-refractivity contribution in [1.29, 1.82) is 0 Å². The number of non-ortho nitro benzene ring substituents is 1. The van der Waals surface area contributed by atoms with Crippen molar-refractivity contribution < 1.29 is 22.9 Å². The van der Waals surface area contributed by atoms with Gasteiger partial charge in [-0.3, -0.25) is 19.2 Å². The largest absolute Gasteiger partial charge is 0.495 e. The summed E-state index contributed by atoms with van der Waals surface area (Å²) in [5, 5.41) is 14.0. The molecule has 1 atom stereocenters. The first kappa shape index (κ1) is 23.1. The second kappa shape index (κ2) is 9.12. The zero-order chi connectivity index (χ0) is 22.6. The molecule has 0 unspecified atom stereocenters. The van der Waals surface area contributed by atoms with Crippen molar-refractivity contribution in [3.05, 3.63) is 57.6 Å². The Morgan fingerprint density at radius 3 is 2.27 bits per heavy atom. The molecule has 0 spiro atoms. The minimum atomic E-state index is -3.99. The first-order chi connectivity index (χ1) is 14.0. The van der Waals surface area contributed by atoms with Crippen LogP contribution in [0.3, 0.4) is 0 Å². The number of benzene rings is 2. The lowest BCUT2D eigenvalue weighted by molar-refractivity contribution is -0.384. The van der Waals surface area contributed by atoms with Crippen molar-refractivity contribution in [1.82, 2.24) is 0 Å². The van der Waals surface area contributed by atoms with Crippen LogP contribution in [0.5, 0.6) is 5.75 Å². The normalized spacial score (nSPS) is 12.2. The molecule has 0 radical (unpaired) electrons. The quantitative estimate of drug-likeness (QED) is 0.501. The Morgan fingerprint density at radius 1 is 1.20 bits per heavy atom. The number of amides is 1. The molecule has 0 aromatic heterocycles. The summed E-state index contributed by atoms with van der Waals surface area (Å²) in [6.45, 7) is 5.43. The van der Waals surface area contributed by atoms with Gasteiger partial charge >= 0.3 is 0 Å². The van der Waals surface area contributed by atoms with Gasteiger partial charge in [0, 0.05) is 17.8 Å². The molecule has 0 bridgehead atoms. The van der Waals surface area contributed by atoms with Crippen molar-refractivity contribution >= 4 is 33.0 Å². The molecule has 0 saturated heterocycles. The summed E-state index contributed by atoms with van der Waals surface area (Å²) < 4.78 is 31.4. The monoisotopic (exact) mass is 435 g/mol. The summed E-state index contributed by atoms with van der Waals surface area (Å²) in [6.07, 6.45) is 1.08. The lowest BCUT2D eigenvalue weighted by Gasteiger charge is -2.31. The number of ether oxygens (including phenoxy) is 1. The number of hydrogen-bond donors (Lipinski definition) is 1. The molecule has 0 saturated carbocycles. The molecule has 162 valence electrons. The van der Waals surface area contributed by atoms with Crippen LogP contribution in [0.4, 0.5) is 17.1 Å². The number of nitro benzene ring substituents is 1. The first-order valence-corrected chi connectivity index (χ1v) is 11.0. The summed E-state index contributed by atoms with van der Waals surface area (Å²) in [7, 11) is -2.67. The maximum Gasteiger partial charge on any atom is 0.271 e. The smallest absolute Gasteiger partial charge is 0.271 e. The van der Waals surface area contributed by atoms with Crippen LogP contribution in [0.1, 0.15) is 24.5 Å². The van der Waals surface area contributed by atoms with Crippen LogP contribution in [0.15, 0.2) is 36.4 Å². The number of hydrogen-bond acceptors (Lipinski definition) is 6. The highest BCUT2D eigenvalue weighted by Crippen LogP contribution is 2.35. The van der Waals surface area contributed by atoms with Gasteiger partial charge in [-0.15, -0.1) is 0 Å². The van der Waals surface area contributed by atoms with Crippen LogP contribution in [0.2, 0.25) is 0 Å². The van der Waals surface area contributed by atoms with E-state index in [0.717, 1.165) is 27.8 Å². The highest BCUT2D eigenvalue weighted by molar-refractivity contribution is 7.92. The van der Waals surface area contributed by atoms with Crippen molar-refractivity contribution in [3.63, 3.8) is 0 Å². The maximum absolute atomic E-state index is 13.1. The second-order valence-electron chi connectivity index (χ2n) is 6.96. The van der Waals surface area contributed by atoms with E-state index < -0.39 is 26.9 Å². The molecule has 0 aliphatic rings. The fourth-order valence-electron chi connectivity index (χ4n) is 3.27. The number of carbonyl (C=O) groups excluding carboxylic acids is 1. The van der Waals surface area contributed by atoms with Crippen molar-refractivity contribution in [2.75, 3.05) is 23.0 Å². The molecule has 0 aliphatic carbocycles. The van der Waals surface area contributed by atoms with Crippen molar-refractivity contribution in [2.24, 2.45) is 0 Å². The Kier molecular flexibility index (Phi) is 7.04.